The molecule has 0 heterocycles. The van der Waals surface area contributed by atoms with E-state index in [1.807, 2.05) is 6.07 Å². The number of carbonyl (C=O) groups excluding carboxylic acids is 1. The van der Waals surface area contributed by atoms with E-state index in [9.17, 15) is 18.0 Å². The monoisotopic (exact) mass is 271 g/mol. The SMILES string of the molecule is CC(C)(C#N)NC(=O)Nc1ccc(C(F)(F)F)cc1. The highest BCUT2D eigenvalue weighted by molar-refractivity contribution is 5.89. The van der Waals surface area contributed by atoms with Crippen molar-refractivity contribution in [2.24, 2.45) is 0 Å². The summed E-state index contributed by atoms with van der Waals surface area (Å²) in [5, 5.41) is 13.4. The summed E-state index contributed by atoms with van der Waals surface area (Å²) in [5.41, 5.74) is -1.65. The number of anilines is 1. The normalized spacial score (nSPS) is 11.6. The molecule has 2 N–H and O–H groups in total. The Bertz CT molecular complexity index is 500. The largest absolute Gasteiger partial charge is 0.416 e. The summed E-state index contributed by atoms with van der Waals surface area (Å²) in [5.74, 6) is 0. The first-order chi connectivity index (χ1) is 8.64. The van der Waals surface area contributed by atoms with Crippen molar-refractivity contribution in [1.82, 2.24) is 5.32 Å². The first kappa shape index (κ1) is 14.8. The van der Waals surface area contributed by atoms with E-state index in [4.69, 9.17) is 5.26 Å². The maximum Gasteiger partial charge on any atom is 0.416 e. The van der Waals surface area contributed by atoms with Crippen molar-refractivity contribution in [2.45, 2.75) is 25.6 Å². The second kappa shape index (κ2) is 5.18. The molecule has 1 aromatic rings. The molecule has 0 saturated heterocycles. The zero-order chi connectivity index (χ0) is 14.7. The van der Waals surface area contributed by atoms with Gasteiger partial charge in [-0.05, 0) is 38.1 Å². The highest BCUT2D eigenvalue weighted by atomic mass is 19.4. The van der Waals surface area contributed by atoms with Gasteiger partial charge in [-0.3, -0.25) is 0 Å². The van der Waals surface area contributed by atoms with Crippen LogP contribution in [0.4, 0.5) is 23.7 Å². The summed E-state index contributed by atoms with van der Waals surface area (Å²) in [4.78, 5) is 11.5. The van der Waals surface area contributed by atoms with Crippen LogP contribution >= 0.6 is 0 Å². The molecule has 1 aromatic carbocycles. The number of halogens is 3. The van der Waals surface area contributed by atoms with Crippen molar-refractivity contribution in [3.63, 3.8) is 0 Å². The van der Waals surface area contributed by atoms with E-state index >= 15 is 0 Å². The van der Waals surface area contributed by atoms with Crippen LogP contribution in [0.25, 0.3) is 0 Å². The van der Waals surface area contributed by atoms with Crippen LogP contribution in [0, 0.1) is 11.3 Å². The number of nitrogens with zero attached hydrogens (tertiary/aromatic N) is 1. The molecule has 19 heavy (non-hydrogen) atoms. The molecule has 0 unspecified atom stereocenters. The van der Waals surface area contributed by atoms with Gasteiger partial charge in [0, 0.05) is 5.69 Å². The third-order valence-corrected chi connectivity index (χ3v) is 2.18. The van der Waals surface area contributed by atoms with Gasteiger partial charge < -0.3 is 10.6 Å². The van der Waals surface area contributed by atoms with E-state index in [-0.39, 0.29) is 5.69 Å². The molecular weight excluding hydrogens is 259 g/mol. The Morgan fingerprint density at radius 2 is 1.74 bits per heavy atom. The number of hydrogen-bond donors (Lipinski definition) is 2. The molecule has 0 aliphatic carbocycles. The number of amides is 2. The van der Waals surface area contributed by atoms with E-state index in [1.54, 1.807) is 0 Å². The Morgan fingerprint density at radius 1 is 1.21 bits per heavy atom. The Labute approximate surface area is 108 Å². The molecule has 4 nitrogen and oxygen atoms in total. The molecule has 2 amide bonds. The second-order valence-electron chi connectivity index (χ2n) is 4.39. The molecule has 0 aliphatic rings. The van der Waals surface area contributed by atoms with Crippen LogP contribution in [-0.2, 0) is 6.18 Å². The van der Waals surface area contributed by atoms with E-state index in [0.29, 0.717) is 0 Å². The van der Waals surface area contributed by atoms with Crippen molar-refractivity contribution in [1.29, 1.82) is 5.26 Å². The minimum Gasteiger partial charge on any atom is -0.320 e. The van der Waals surface area contributed by atoms with Crippen molar-refractivity contribution < 1.29 is 18.0 Å². The zero-order valence-electron chi connectivity index (χ0n) is 10.3. The number of carbonyl (C=O) groups is 1. The highest BCUT2D eigenvalue weighted by Crippen LogP contribution is 2.29. The van der Waals surface area contributed by atoms with Crippen LogP contribution in [0.5, 0.6) is 0 Å². The van der Waals surface area contributed by atoms with Gasteiger partial charge in [0.1, 0.15) is 5.54 Å². The van der Waals surface area contributed by atoms with Gasteiger partial charge in [-0.2, -0.15) is 18.4 Å². The lowest BCUT2D eigenvalue weighted by Crippen LogP contribution is -2.44. The predicted octanol–water partition coefficient (Wildman–Crippen LogP) is 3.13. The summed E-state index contributed by atoms with van der Waals surface area (Å²) >= 11 is 0. The maximum absolute atomic E-state index is 12.3. The fourth-order valence-electron chi connectivity index (χ4n) is 1.22. The smallest absolute Gasteiger partial charge is 0.320 e. The average Bonchev–Trinajstić information content (AvgIpc) is 2.27. The molecule has 0 radical (unpaired) electrons. The molecule has 0 aliphatic heterocycles. The minimum absolute atomic E-state index is 0.208. The molecule has 0 spiro atoms. The molecular formula is C12H12F3N3O. The third-order valence-electron chi connectivity index (χ3n) is 2.18. The molecule has 102 valence electrons. The van der Waals surface area contributed by atoms with Gasteiger partial charge >= 0.3 is 12.2 Å². The summed E-state index contributed by atoms with van der Waals surface area (Å²) in [6.45, 7) is 3.00. The number of rotatable bonds is 2. The van der Waals surface area contributed by atoms with Gasteiger partial charge in [0.15, 0.2) is 0 Å². The molecule has 0 saturated carbocycles. The Kier molecular flexibility index (Phi) is 4.04. The first-order valence-corrected chi connectivity index (χ1v) is 5.32. The molecule has 0 bridgehead atoms. The number of alkyl halides is 3. The lowest BCUT2D eigenvalue weighted by atomic mass is 10.1. The number of nitriles is 1. The van der Waals surface area contributed by atoms with Gasteiger partial charge in [0.25, 0.3) is 0 Å². The van der Waals surface area contributed by atoms with Gasteiger partial charge in [-0.15, -0.1) is 0 Å². The van der Waals surface area contributed by atoms with Gasteiger partial charge in [-0.1, -0.05) is 0 Å². The summed E-state index contributed by atoms with van der Waals surface area (Å²) in [6.07, 6.45) is -4.41. The van der Waals surface area contributed by atoms with Crippen LogP contribution in [-0.4, -0.2) is 11.6 Å². The van der Waals surface area contributed by atoms with Crippen LogP contribution in [0.2, 0.25) is 0 Å². The van der Waals surface area contributed by atoms with Crippen LogP contribution < -0.4 is 10.6 Å². The average molecular weight is 271 g/mol. The van der Waals surface area contributed by atoms with Crippen LogP contribution in [0.3, 0.4) is 0 Å². The van der Waals surface area contributed by atoms with E-state index in [1.165, 1.54) is 13.8 Å². The lowest BCUT2D eigenvalue weighted by molar-refractivity contribution is -0.137. The first-order valence-electron chi connectivity index (χ1n) is 5.32. The van der Waals surface area contributed by atoms with Crippen molar-refractivity contribution in [2.75, 3.05) is 5.32 Å². The van der Waals surface area contributed by atoms with E-state index < -0.39 is 23.3 Å². The Hall–Kier alpha value is -2.23. The maximum atomic E-state index is 12.3. The lowest BCUT2D eigenvalue weighted by Gasteiger charge is -2.18. The number of urea groups is 1. The standard InChI is InChI=1S/C12H12F3N3O/c1-11(2,7-16)18-10(19)17-9-5-3-8(4-6-9)12(13,14)15/h3-6H,1-2H3,(H2,17,18,19). The third kappa shape index (κ3) is 4.50. The highest BCUT2D eigenvalue weighted by Gasteiger charge is 2.30. The van der Waals surface area contributed by atoms with Crippen molar-refractivity contribution in [3.8, 4) is 6.07 Å². The number of benzene rings is 1. The van der Waals surface area contributed by atoms with Crippen LogP contribution in [0.15, 0.2) is 24.3 Å². The summed E-state index contributed by atoms with van der Waals surface area (Å²) in [6, 6.07) is 5.22. The number of hydrogen-bond acceptors (Lipinski definition) is 2. The fourth-order valence-corrected chi connectivity index (χ4v) is 1.22. The fraction of sp³-hybridized carbons (Fsp3) is 0.333. The van der Waals surface area contributed by atoms with Crippen molar-refractivity contribution >= 4 is 11.7 Å². The molecule has 0 atom stereocenters. The number of nitrogens with one attached hydrogen (secondary N) is 2. The molecule has 1 rings (SSSR count). The predicted molar refractivity (Wildman–Crippen MR) is 63.3 cm³/mol. The summed E-state index contributed by atoms with van der Waals surface area (Å²) < 4.78 is 36.9. The Morgan fingerprint density at radius 3 is 2.16 bits per heavy atom. The zero-order valence-corrected chi connectivity index (χ0v) is 10.3. The Balaban J connectivity index is 2.69. The van der Waals surface area contributed by atoms with Crippen molar-refractivity contribution in [3.05, 3.63) is 29.8 Å². The molecule has 0 fully saturated rings. The van der Waals surface area contributed by atoms with E-state index in [0.717, 1.165) is 24.3 Å². The topological polar surface area (TPSA) is 64.9 Å². The van der Waals surface area contributed by atoms with E-state index in [2.05, 4.69) is 10.6 Å². The van der Waals surface area contributed by atoms with Gasteiger partial charge in [0.2, 0.25) is 0 Å². The molecule has 7 heteroatoms. The second-order valence-corrected chi connectivity index (χ2v) is 4.39. The quantitative estimate of drug-likeness (QED) is 0.867. The molecule has 0 aromatic heterocycles. The summed E-state index contributed by atoms with van der Waals surface area (Å²) in [7, 11) is 0. The van der Waals surface area contributed by atoms with Gasteiger partial charge in [-0.25, -0.2) is 4.79 Å². The minimum atomic E-state index is -4.41. The van der Waals surface area contributed by atoms with Crippen LogP contribution in [0.1, 0.15) is 19.4 Å². The van der Waals surface area contributed by atoms with Gasteiger partial charge in [0.05, 0.1) is 11.6 Å².